The molecule has 0 spiro atoms. The molecule has 0 fully saturated rings. The van der Waals surface area contributed by atoms with Gasteiger partial charge in [-0.3, -0.25) is 4.68 Å². The smallest absolute Gasteiger partial charge is 0.0841 e. The number of para-hydroxylation sites is 1. The summed E-state index contributed by atoms with van der Waals surface area (Å²) >= 11 is 0. The van der Waals surface area contributed by atoms with Gasteiger partial charge in [0.2, 0.25) is 0 Å². The van der Waals surface area contributed by atoms with Gasteiger partial charge < -0.3 is 5.32 Å². The molecule has 1 N–H and O–H groups in total. The summed E-state index contributed by atoms with van der Waals surface area (Å²) in [5.41, 5.74) is 2.74. The molecular formula is C17H27N3. The maximum absolute atomic E-state index is 4.82. The topological polar surface area (TPSA) is 29.9 Å². The predicted molar refractivity (Wildman–Crippen MR) is 85.8 cm³/mol. The zero-order chi connectivity index (χ0) is 14.8. The molecule has 0 aliphatic carbocycles. The number of rotatable bonds is 5. The van der Waals surface area contributed by atoms with E-state index in [4.69, 9.17) is 5.10 Å². The third kappa shape index (κ3) is 3.83. The highest BCUT2D eigenvalue weighted by molar-refractivity contribution is 5.81. The van der Waals surface area contributed by atoms with Crippen LogP contribution in [0.2, 0.25) is 0 Å². The van der Waals surface area contributed by atoms with Crippen molar-refractivity contribution < 1.29 is 0 Å². The van der Waals surface area contributed by atoms with Gasteiger partial charge in [-0.15, -0.1) is 0 Å². The van der Waals surface area contributed by atoms with Crippen LogP contribution in [0.25, 0.3) is 10.9 Å². The summed E-state index contributed by atoms with van der Waals surface area (Å²) in [6, 6.07) is 9.01. The van der Waals surface area contributed by atoms with Crippen molar-refractivity contribution in [3.05, 3.63) is 30.0 Å². The number of aromatic nitrogens is 2. The van der Waals surface area contributed by atoms with Crippen LogP contribution in [0.4, 0.5) is 0 Å². The molecule has 0 saturated carbocycles. The fraction of sp³-hybridized carbons (Fsp3) is 0.588. The Kier molecular flexibility index (Phi) is 4.48. The molecule has 20 heavy (non-hydrogen) atoms. The summed E-state index contributed by atoms with van der Waals surface area (Å²) in [5, 5.41) is 9.56. The van der Waals surface area contributed by atoms with Crippen LogP contribution in [-0.4, -0.2) is 15.8 Å². The summed E-state index contributed by atoms with van der Waals surface area (Å²) in [6.45, 7) is 13.0. The van der Waals surface area contributed by atoms with Crippen LogP contribution in [0, 0.1) is 5.41 Å². The van der Waals surface area contributed by atoms with Gasteiger partial charge in [0.15, 0.2) is 0 Å². The van der Waals surface area contributed by atoms with Crippen LogP contribution in [0.5, 0.6) is 0 Å². The van der Waals surface area contributed by atoms with E-state index in [1.165, 1.54) is 10.9 Å². The Morgan fingerprint density at radius 3 is 2.55 bits per heavy atom. The Morgan fingerprint density at radius 2 is 1.90 bits per heavy atom. The van der Waals surface area contributed by atoms with Crippen LogP contribution >= 0.6 is 0 Å². The van der Waals surface area contributed by atoms with Crippen LogP contribution in [0.3, 0.4) is 0 Å². The lowest BCUT2D eigenvalue weighted by Gasteiger charge is -2.17. The molecular weight excluding hydrogens is 246 g/mol. The van der Waals surface area contributed by atoms with Crippen molar-refractivity contribution in [1.29, 1.82) is 0 Å². The minimum Gasteiger partial charge on any atom is -0.309 e. The highest BCUT2D eigenvalue weighted by atomic mass is 15.3. The Hall–Kier alpha value is -1.35. The largest absolute Gasteiger partial charge is 0.309 e. The van der Waals surface area contributed by atoms with Crippen LogP contribution in [0.15, 0.2) is 24.3 Å². The highest BCUT2D eigenvalue weighted by Crippen LogP contribution is 2.23. The van der Waals surface area contributed by atoms with Crippen molar-refractivity contribution in [3.8, 4) is 0 Å². The average molecular weight is 273 g/mol. The first kappa shape index (κ1) is 15.0. The zero-order valence-electron chi connectivity index (χ0n) is 13.4. The van der Waals surface area contributed by atoms with Gasteiger partial charge in [0.25, 0.3) is 0 Å². The van der Waals surface area contributed by atoms with Gasteiger partial charge in [0, 0.05) is 24.5 Å². The maximum atomic E-state index is 4.82. The SMILES string of the molecule is CC(C)NCc1nn(CCC(C)(C)C)c2ccccc12. The summed E-state index contributed by atoms with van der Waals surface area (Å²) < 4.78 is 2.16. The summed E-state index contributed by atoms with van der Waals surface area (Å²) in [7, 11) is 0. The Labute approximate surface area is 122 Å². The van der Waals surface area contributed by atoms with Crippen molar-refractivity contribution in [2.24, 2.45) is 5.41 Å². The molecule has 110 valence electrons. The lowest BCUT2D eigenvalue weighted by molar-refractivity contribution is 0.343. The first-order valence-corrected chi connectivity index (χ1v) is 7.54. The summed E-state index contributed by atoms with van der Waals surface area (Å²) in [6.07, 6.45) is 1.13. The van der Waals surface area contributed by atoms with E-state index in [2.05, 4.69) is 68.9 Å². The molecule has 3 nitrogen and oxygen atoms in total. The number of hydrogen-bond acceptors (Lipinski definition) is 2. The first-order chi connectivity index (χ1) is 9.37. The Morgan fingerprint density at radius 1 is 1.20 bits per heavy atom. The van der Waals surface area contributed by atoms with Gasteiger partial charge in [-0.25, -0.2) is 0 Å². The lowest BCUT2D eigenvalue weighted by atomic mass is 9.92. The average Bonchev–Trinajstić information content (AvgIpc) is 2.71. The Bertz CT molecular complexity index is 561. The first-order valence-electron chi connectivity index (χ1n) is 7.54. The molecule has 0 saturated heterocycles. The maximum Gasteiger partial charge on any atom is 0.0841 e. The van der Waals surface area contributed by atoms with Gasteiger partial charge in [-0.1, -0.05) is 52.8 Å². The minimum atomic E-state index is 0.337. The van der Waals surface area contributed by atoms with Crippen LogP contribution in [-0.2, 0) is 13.1 Å². The van der Waals surface area contributed by atoms with Crippen molar-refractivity contribution in [1.82, 2.24) is 15.1 Å². The van der Waals surface area contributed by atoms with Crippen molar-refractivity contribution in [2.45, 2.75) is 60.2 Å². The molecule has 0 aliphatic rings. The molecule has 1 aromatic carbocycles. The van der Waals surface area contributed by atoms with E-state index >= 15 is 0 Å². The molecule has 0 unspecified atom stereocenters. The second-order valence-corrected chi connectivity index (χ2v) is 7.03. The van der Waals surface area contributed by atoms with Crippen LogP contribution in [0.1, 0.15) is 46.7 Å². The molecule has 0 aliphatic heterocycles. The van der Waals surface area contributed by atoms with Gasteiger partial charge in [-0.05, 0) is 17.9 Å². The molecule has 0 amide bonds. The van der Waals surface area contributed by atoms with E-state index in [0.717, 1.165) is 25.2 Å². The number of fused-ring (bicyclic) bond motifs is 1. The normalized spacial score (nSPS) is 12.5. The third-order valence-corrected chi connectivity index (χ3v) is 3.49. The molecule has 0 atom stereocenters. The van der Waals surface area contributed by atoms with E-state index in [9.17, 15) is 0 Å². The fourth-order valence-corrected chi connectivity index (χ4v) is 2.24. The van der Waals surface area contributed by atoms with Gasteiger partial charge >= 0.3 is 0 Å². The molecule has 2 rings (SSSR count). The lowest BCUT2D eigenvalue weighted by Crippen LogP contribution is -2.22. The number of nitrogens with zero attached hydrogens (tertiary/aromatic N) is 2. The number of aryl methyl sites for hydroxylation is 1. The van der Waals surface area contributed by atoms with Gasteiger partial charge in [-0.2, -0.15) is 5.10 Å². The van der Waals surface area contributed by atoms with E-state index in [0.29, 0.717) is 11.5 Å². The summed E-state index contributed by atoms with van der Waals surface area (Å²) in [4.78, 5) is 0. The third-order valence-electron chi connectivity index (χ3n) is 3.49. The second kappa shape index (κ2) is 5.96. The van der Waals surface area contributed by atoms with Gasteiger partial charge in [0.05, 0.1) is 11.2 Å². The van der Waals surface area contributed by atoms with E-state index < -0.39 is 0 Å². The number of hydrogen-bond donors (Lipinski definition) is 1. The van der Waals surface area contributed by atoms with Crippen molar-refractivity contribution in [2.75, 3.05) is 0 Å². The second-order valence-electron chi connectivity index (χ2n) is 7.03. The molecule has 1 heterocycles. The molecule has 1 aromatic heterocycles. The summed E-state index contributed by atoms with van der Waals surface area (Å²) in [5.74, 6) is 0. The molecule has 3 heteroatoms. The monoisotopic (exact) mass is 273 g/mol. The van der Waals surface area contributed by atoms with Crippen molar-refractivity contribution >= 4 is 10.9 Å². The van der Waals surface area contributed by atoms with Crippen molar-refractivity contribution in [3.63, 3.8) is 0 Å². The highest BCUT2D eigenvalue weighted by Gasteiger charge is 2.14. The minimum absolute atomic E-state index is 0.337. The molecule has 0 bridgehead atoms. The quantitative estimate of drug-likeness (QED) is 0.893. The Balaban J connectivity index is 2.26. The fourth-order valence-electron chi connectivity index (χ4n) is 2.24. The van der Waals surface area contributed by atoms with E-state index in [1.54, 1.807) is 0 Å². The van der Waals surface area contributed by atoms with E-state index in [1.807, 2.05) is 0 Å². The standard InChI is InChI=1S/C17H27N3/c1-13(2)18-12-15-14-8-6-7-9-16(14)20(19-15)11-10-17(3,4)5/h6-9,13,18H,10-12H2,1-5H3. The molecule has 2 aromatic rings. The van der Waals surface area contributed by atoms with Gasteiger partial charge in [0.1, 0.15) is 0 Å². The number of nitrogens with one attached hydrogen (secondary N) is 1. The van der Waals surface area contributed by atoms with Crippen LogP contribution < -0.4 is 5.32 Å². The molecule has 0 radical (unpaired) electrons. The number of benzene rings is 1. The zero-order valence-corrected chi connectivity index (χ0v) is 13.4. The van der Waals surface area contributed by atoms with E-state index in [-0.39, 0.29) is 0 Å². The predicted octanol–water partition coefficient (Wildman–Crippen LogP) is 3.97.